The fourth-order valence-electron chi connectivity index (χ4n) is 5.96. The van der Waals surface area contributed by atoms with Gasteiger partial charge in [0.15, 0.2) is 11.5 Å². The number of hydrogen-bond acceptors (Lipinski definition) is 6. The van der Waals surface area contributed by atoms with Crippen LogP contribution in [0, 0.1) is 5.92 Å². The lowest BCUT2D eigenvalue weighted by molar-refractivity contribution is -0.131. The lowest BCUT2D eigenvalue weighted by Gasteiger charge is -2.45. The molecule has 1 aromatic rings. The maximum atomic E-state index is 12.9. The van der Waals surface area contributed by atoms with Gasteiger partial charge in [0.25, 0.3) is 5.91 Å². The highest BCUT2D eigenvalue weighted by molar-refractivity contribution is 6.04. The average molecular weight is 501 g/mol. The summed E-state index contributed by atoms with van der Waals surface area (Å²) in [7, 11) is 5.02. The largest absolute Gasteiger partial charge is 0.493 e. The summed E-state index contributed by atoms with van der Waals surface area (Å²) in [5.74, 6) is 1.53. The molecule has 36 heavy (non-hydrogen) atoms. The van der Waals surface area contributed by atoms with E-state index in [1.807, 2.05) is 30.1 Å². The van der Waals surface area contributed by atoms with Crippen molar-refractivity contribution in [3.63, 3.8) is 0 Å². The zero-order valence-electron chi connectivity index (χ0n) is 21.8. The molecular weight excluding hydrogens is 460 g/mol. The zero-order valence-corrected chi connectivity index (χ0v) is 21.8. The highest BCUT2D eigenvalue weighted by Crippen LogP contribution is 2.31. The number of imide groups is 1. The molecule has 198 valence electrons. The Morgan fingerprint density at radius 3 is 2.64 bits per heavy atom. The Morgan fingerprint density at radius 1 is 1.08 bits per heavy atom. The quantitative estimate of drug-likeness (QED) is 0.497. The Balaban J connectivity index is 1.25. The highest BCUT2D eigenvalue weighted by Gasteiger charge is 2.38. The Kier molecular flexibility index (Phi) is 8.72. The molecule has 3 aliphatic heterocycles. The molecule has 3 aliphatic rings. The van der Waals surface area contributed by atoms with E-state index in [4.69, 9.17) is 9.47 Å². The van der Waals surface area contributed by atoms with E-state index in [0.29, 0.717) is 36.3 Å². The van der Waals surface area contributed by atoms with Gasteiger partial charge in [0.05, 0.1) is 14.2 Å². The van der Waals surface area contributed by atoms with E-state index in [1.54, 1.807) is 14.2 Å². The number of fused-ring (bicyclic) bond motifs is 1. The highest BCUT2D eigenvalue weighted by atomic mass is 16.5. The molecule has 4 amide bonds. The third-order valence-electron chi connectivity index (χ3n) is 7.99. The first-order chi connectivity index (χ1) is 17.4. The average Bonchev–Trinajstić information content (AvgIpc) is 3.17. The van der Waals surface area contributed by atoms with Crippen LogP contribution in [0.4, 0.5) is 4.79 Å². The second-order valence-corrected chi connectivity index (χ2v) is 10.2. The van der Waals surface area contributed by atoms with Gasteiger partial charge in [0.2, 0.25) is 5.91 Å². The van der Waals surface area contributed by atoms with E-state index in [-0.39, 0.29) is 24.8 Å². The number of carbonyl (C=O) groups is 3. The molecule has 9 nitrogen and oxygen atoms in total. The number of nitrogens with zero attached hydrogens (tertiary/aromatic N) is 3. The van der Waals surface area contributed by atoms with E-state index in [9.17, 15) is 14.4 Å². The van der Waals surface area contributed by atoms with Crippen LogP contribution in [0.2, 0.25) is 0 Å². The number of urea groups is 1. The SMILES string of the molecule is COc1ccc(CCN2C(=O)NC(CCC(=O)N(C)CC3CCCN4CCCCC34)C2=O)cc1OC. The minimum atomic E-state index is -0.649. The molecule has 0 radical (unpaired) electrons. The van der Waals surface area contributed by atoms with Gasteiger partial charge in [-0.05, 0) is 75.2 Å². The van der Waals surface area contributed by atoms with Gasteiger partial charge < -0.3 is 24.6 Å². The van der Waals surface area contributed by atoms with Gasteiger partial charge in [-0.25, -0.2) is 4.79 Å². The molecule has 0 bridgehead atoms. The van der Waals surface area contributed by atoms with E-state index in [1.165, 1.54) is 50.1 Å². The van der Waals surface area contributed by atoms with E-state index >= 15 is 0 Å². The van der Waals surface area contributed by atoms with Crippen LogP contribution in [0.15, 0.2) is 18.2 Å². The number of carbonyl (C=O) groups excluding carboxylic acids is 3. The summed E-state index contributed by atoms with van der Waals surface area (Å²) in [6, 6.07) is 5.10. The van der Waals surface area contributed by atoms with Crippen molar-refractivity contribution < 1.29 is 23.9 Å². The second kappa shape index (κ2) is 12.0. The number of rotatable bonds is 10. The Bertz CT molecular complexity index is 952. The first kappa shape index (κ1) is 26.3. The smallest absolute Gasteiger partial charge is 0.324 e. The van der Waals surface area contributed by atoms with Crippen LogP contribution >= 0.6 is 0 Å². The molecule has 0 aromatic heterocycles. The normalized spacial score (nSPS) is 24.3. The number of hydrogen-bond donors (Lipinski definition) is 1. The summed E-state index contributed by atoms with van der Waals surface area (Å²) in [5.41, 5.74) is 0.938. The Labute approximate surface area is 214 Å². The predicted octanol–water partition coefficient (Wildman–Crippen LogP) is 2.67. The minimum Gasteiger partial charge on any atom is -0.493 e. The van der Waals surface area contributed by atoms with Crippen molar-refractivity contribution >= 4 is 17.8 Å². The maximum Gasteiger partial charge on any atom is 0.324 e. The Morgan fingerprint density at radius 2 is 1.86 bits per heavy atom. The zero-order chi connectivity index (χ0) is 25.7. The summed E-state index contributed by atoms with van der Waals surface area (Å²) in [6.45, 7) is 3.40. The molecule has 0 aliphatic carbocycles. The number of methoxy groups -OCH3 is 2. The van der Waals surface area contributed by atoms with E-state index in [0.717, 1.165) is 12.1 Å². The molecule has 3 saturated heterocycles. The topological polar surface area (TPSA) is 91.4 Å². The van der Waals surface area contributed by atoms with Crippen LogP contribution in [0.25, 0.3) is 0 Å². The fraction of sp³-hybridized carbons (Fsp3) is 0.667. The van der Waals surface area contributed by atoms with Crippen LogP contribution in [-0.2, 0) is 16.0 Å². The van der Waals surface area contributed by atoms with Gasteiger partial charge in [-0.1, -0.05) is 12.5 Å². The van der Waals surface area contributed by atoms with Crippen LogP contribution in [0.5, 0.6) is 11.5 Å². The van der Waals surface area contributed by atoms with Gasteiger partial charge in [-0.3, -0.25) is 14.5 Å². The molecule has 0 saturated carbocycles. The summed E-state index contributed by atoms with van der Waals surface area (Å²) in [6.07, 6.45) is 7.24. The van der Waals surface area contributed by atoms with Crippen LogP contribution in [-0.4, -0.2) is 92.1 Å². The molecule has 0 spiro atoms. The molecule has 1 N–H and O–H groups in total. The molecule has 3 atom stereocenters. The molecule has 3 heterocycles. The van der Waals surface area contributed by atoms with E-state index < -0.39 is 12.1 Å². The van der Waals surface area contributed by atoms with Gasteiger partial charge >= 0.3 is 6.03 Å². The first-order valence-electron chi connectivity index (χ1n) is 13.2. The maximum absolute atomic E-state index is 12.9. The van der Waals surface area contributed by atoms with Gasteiger partial charge in [-0.15, -0.1) is 0 Å². The van der Waals surface area contributed by atoms with Crippen molar-refractivity contribution in [2.45, 2.75) is 63.5 Å². The van der Waals surface area contributed by atoms with Crippen LogP contribution in [0.1, 0.15) is 50.5 Å². The molecule has 3 unspecified atom stereocenters. The number of nitrogens with one attached hydrogen (secondary N) is 1. The van der Waals surface area contributed by atoms with Crippen LogP contribution in [0.3, 0.4) is 0 Å². The minimum absolute atomic E-state index is 0.0359. The number of piperidine rings is 2. The molecule has 4 rings (SSSR count). The lowest BCUT2D eigenvalue weighted by Crippen LogP contribution is -2.51. The number of amides is 4. The third kappa shape index (κ3) is 5.94. The molecular formula is C27H40N4O5. The lowest BCUT2D eigenvalue weighted by atomic mass is 9.83. The summed E-state index contributed by atoms with van der Waals surface area (Å²) in [5, 5.41) is 2.76. The third-order valence-corrected chi connectivity index (χ3v) is 7.99. The summed E-state index contributed by atoms with van der Waals surface area (Å²) < 4.78 is 10.6. The van der Waals surface area contributed by atoms with Crippen molar-refractivity contribution in [1.82, 2.24) is 20.0 Å². The van der Waals surface area contributed by atoms with Crippen molar-refractivity contribution in [3.8, 4) is 11.5 Å². The van der Waals surface area contributed by atoms with Crippen molar-refractivity contribution in [3.05, 3.63) is 23.8 Å². The molecule has 9 heteroatoms. The second-order valence-electron chi connectivity index (χ2n) is 10.2. The van der Waals surface area contributed by atoms with Gasteiger partial charge in [-0.2, -0.15) is 0 Å². The number of benzene rings is 1. The fourth-order valence-corrected chi connectivity index (χ4v) is 5.96. The monoisotopic (exact) mass is 500 g/mol. The first-order valence-corrected chi connectivity index (χ1v) is 13.2. The summed E-state index contributed by atoms with van der Waals surface area (Å²) in [4.78, 5) is 43.9. The Hall–Kier alpha value is -2.81. The standard InChI is InChI=1S/C27H40N4O5/c1-29(18-20-7-6-15-30-14-5-4-8-22(20)30)25(32)12-10-21-26(33)31(27(34)28-21)16-13-19-9-11-23(35-2)24(17-19)36-3/h9,11,17,20-22H,4-8,10,12-16,18H2,1-3H3,(H,28,34). The van der Waals surface area contributed by atoms with Crippen molar-refractivity contribution in [1.29, 1.82) is 0 Å². The van der Waals surface area contributed by atoms with Crippen LogP contribution < -0.4 is 14.8 Å². The molecule has 3 fully saturated rings. The van der Waals surface area contributed by atoms with Crippen molar-refractivity contribution in [2.24, 2.45) is 5.92 Å². The van der Waals surface area contributed by atoms with Crippen molar-refractivity contribution in [2.75, 3.05) is 47.4 Å². The summed E-state index contributed by atoms with van der Waals surface area (Å²) >= 11 is 0. The van der Waals surface area contributed by atoms with E-state index in [2.05, 4.69) is 10.2 Å². The van der Waals surface area contributed by atoms with Gasteiger partial charge in [0, 0.05) is 32.6 Å². The predicted molar refractivity (Wildman–Crippen MR) is 136 cm³/mol. The molecule has 1 aromatic carbocycles. The number of ether oxygens (including phenoxy) is 2. The van der Waals surface area contributed by atoms with Gasteiger partial charge in [0.1, 0.15) is 6.04 Å².